The third-order valence-electron chi connectivity index (χ3n) is 3.61. The first-order valence-electron chi connectivity index (χ1n) is 7.19. The Labute approximate surface area is 148 Å². The fraction of sp³-hybridized carbons (Fsp3) is 0.0625. The van der Waals surface area contributed by atoms with Gasteiger partial charge in [-0.3, -0.25) is 9.52 Å². The number of halogens is 5. The van der Waals surface area contributed by atoms with E-state index >= 15 is 0 Å². The molecule has 3 rings (SSSR count). The third kappa shape index (κ3) is 3.77. The minimum atomic E-state index is -4.90. The van der Waals surface area contributed by atoms with Crippen molar-refractivity contribution in [1.82, 2.24) is 4.98 Å². The van der Waals surface area contributed by atoms with Crippen LogP contribution >= 0.6 is 0 Å². The molecule has 0 aliphatic carbocycles. The molecule has 1 aromatic heterocycles. The van der Waals surface area contributed by atoms with Crippen LogP contribution in [0.3, 0.4) is 0 Å². The van der Waals surface area contributed by atoms with Gasteiger partial charge in [-0.15, -0.1) is 0 Å². The monoisotopic (exact) mass is 404 g/mol. The number of hydrogen-bond acceptors (Lipinski definition) is 3. The van der Waals surface area contributed by atoms with Gasteiger partial charge in [-0.2, -0.15) is 13.2 Å². The van der Waals surface area contributed by atoms with Crippen molar-refractivity contribution in [3.05, 3.63) is 70.0 Å². The van der Waals surface area contributed by atoms with E-state index in [4.69, 9.17) is 0 Å². The standard InChI is InChI=1S/C16H9F5N2O3S/c17-8-1-3-14(12(18)5-8)23-27(25,26)9-2-4-13-10(6-9)11(16(19,20)21)7-15(24)22-13/h1-7,23H,(H,22,24). The van der Waals surface area contributed by atoms with Crippen molar-refractivity contribution in [1.29, 1.82) is 0 Å². The van der Waals surface area contributed by atoms with Gasteiger partial charge in [0.1, 0.15) is 11.6 Å². The van der Waals surface area contributed by atoms with E-state index in [2.05, 4.69) is 4.98 Å². The molecule has 0 radical (unpaired) electrons. The number of nitrogens with one attached hydrogen (secondary N) is 2. The molecule has 0 amide bonds. The first kappa shape index (κ1) is 18.8. The number of pyridine rings is 1. The van der Waals surface area contributed by atoms with E-state index in [1.165, 1.54) is 0 Å². The molecular formula is C16H9F5N2O3S. The maximum absolute atomic E-state index is 13.7. The Kier molecular flexibility index (Phi) is 4.42. The summed E-state index contributed by atoms with van der Waals surface area (Å²) in [5, 5.41) is -0.551. The van der Waals surface area contributed by atoms with Crippen LogP contribution in [0.5, 0.6) is 0 Å². The average molecular weight is 404 g/mol. The first-order valence-corrected chi connectivity index (χ1v) is 8.68. The summed E-state index contributed by atoms with van der Waals surface area (Å²) in [5.41, 5.74) is -3.11. The van der Waals surface area contributed by atoms with E-state index in [9.17, 15) is 35.2 Å². The Morgan fingerprint density at radius 3 is 2.30 bits per heavy atom. The van der Waals surface area contributed by atoms with Crippen molar-refractivity contribution >= 4 is 26.6 Å². The Morgan fingerprint density at radius 1 is 0.963 bits per heavy atom. The molecule has 0 saturated heterocycles. The molecular weight excluding hydrogens is 395 g/mol. The van der Waals surface area contributed by atoms with Crippen LogP contribution in [-0.2, 0) is 16.2 Å². The number of aromatic amines is 1. The maximum Gasteiger partial charge on any atom is 0.417 e. The Balaban J connectivity index is 2.13. The molecule has 142 valence electrons. The van der Waals surface area contributed by atoms with Crippen molar-refractivity contribution in [2.45, 2.75) is 11.1 Å². The van der Waals surface area contributed by atoms with Crippen LogP contribution in [0, 0.1) is 11.6 Å². The van der Waals surface area contributed by atoms with Gasteiger partial charge in [-0.25, -0.2) is 17.2 Å². The second-order valence-corrected chi connectivity index (χ2v) is 7.16. The minimum Gasteiger partial charge on any atom is -0.322 e. The number of rotatable bonds is 3. The van der Waals surface area contributed by atoms with Crippen LogP contribution in [0.25, 0.3) is 10.9 Å². The summed E-state index contributed by atoms with van der Waals surface area (Å²) in [7, 11) is -4.48. The van der Waals surface area contributed by atoms with Crippen molar-refractivity contribution in [2.75, 3.05) is 4.72 Å². The smallest absolute Gasteiger partial charge is 0.322 e. The Morgan fingerprint density at radius 2 is 1.67 bits per heavy atom. The van der Waals surface area contributed by atoms with Gasteiger partial charge >= 0.3 is 6.18 Å². The van der Waals surface area contributed by atoms with Crippen LogP contribution in [0.1, 0.15) is 5.56 Å². The molecule has 1 heterocycles. The molecule has 0 aliphatic heterocycles. The molecule has 2 aromatic carbocycles. The van der Waals surface area contributed by atoms with Crippen molar-refractivity contribution in [2.24, 2.45) is 0 Å². The highest BCUT2D eigenvalue weighted by molar-refractivity contribution is 7.92. The highest BCUT2D eigenvalue weighted by Gasteiger charge is 2.33. The Hall–Kier alpha value is -2.95. The molecule has 11 heteroatoms. The largest absolute Gasteiger partial charge is 0.417 e. The number of hydrogen-bond donors (Lipinski definition) is 2. The summed E-state index contributed by atoms with van der Waals surface area (Å²) in [4.78, 5) is 13.0. The molecule has 2 N–H and O–H groups in total. The van der Waals surface area contributed by atoms with E-state index in [0.29, 0.717) is 18.2 Å². The number of benzene rings is 2. The summed E-state index contributed by atoms with van der Waals surface area (Å²) < 4.78 is 92.7. The molecule has 0 fully saturated rings. The van der Waals surface area contributed by atoms with E-state index in [1.807, 2.05) is 4.72 Å². The van der Waals surface area contributed by atoms with Gasteiger partial charge in [0.05, 0.1) is 16.1 Å². The minimum absolute atomic E-state index is 0.221. The van der Waals surface area contributed by atoms with E-state index < -0.39 is 54.9 Å². The number of aromatic nitrogens is 1. The molecule has 0 bridgehead atoms. The predicted octanol–water partition coefficient (Wildman–Crippen LogP) is 3.63. The van der Waals surface area contributed by atoms with Gasteiger partial charge in [0.15, 0.2) is 0 Å². The molecule has 0 unspecified atom stereocenters. The predicted molar refractivity (Wildman–Crippen MR) is 86.7 cm³/mol. The zero-order valence-electron chi connectivity index (χ0n) is 13.1. The molecule has 0 saturated carbocycles. The second kappa shape index (κ2) is 6.34. The summed E-state index contributed by atoms with van der Waals surface area (Å²) in [6.07, 6.45) is -4.90. The number of anilines is 1. The highest BCUT2D eigenvalue weighted by atomic mass is 32.2. The van der Waals surface area contributed by atoms with Gasteiger partial charge in [0.25, 0.3) is 10.0 Å². The van der Waals surface area contributed by atoms with Crippen LogP contribution in [0.15, 0.2) is 52.2 Å². The average Bonchev–Trinajstić information content (AvgIpc) is 2.55. The van der Waals surface area contributed by atoms with Crippen LogP contribution in [0.4, 0.5) is 27.6 Å². The fourth-order valence-electron chi connectivity index (χ4n) is 2.41. The van der Waals surface area contributed by atoms with Crippen molar-refractivity contribution < 1.29 is 30.4 Å². The quantitative estimate of drug-likeness (QED) is 0.655. The van der Waals surface area contributed by atoms with Gasteiger partial charge < -0.3 is 4.98 Å². The molecule has 5 nitrogen and oxygen atoms in total. The second-order valence-electron chi connectivity index (χ2n) is 5.48. The lowest BCUT2D eigenvalue weighted by atomic mass is 10.1. The molecule has 3 aromatic rings. The third-order valence-corrected chi connectivity index (χ3v) is 4.97. The zero-order valence-corrected chi connectivity index (χ0v) is 13.9. The van der Waals surface area contributed by atoms with Gasteiger partial charge in [-0.05, 0) is 30.3 Å². The number of alkyl halides is 3. The lowest BCUT2D eigenvalue weighted by Gasteiger charge is -2.13. The van der Waals surface area contributed by atoms with Gasteiger partial charge in [0, 0.05) is 23.0 Å². The normalized spacial score (nSPS) is 12.3. The van der Waals surface area contributed by atoms with Gasteiger partial charge in [0.2, 0.25) is 5.56 Å². The van der Waals surface area contributed by atoms with Crippen molar-refractivity contribution in [3.8, 4) is 0 Å². The van der Waals surface area contributed by atoms with E-state index in [0.717, 1.165) is 24.3 Å². The van der Waals surface area contributed by atoms with E-state index in [-0.39, 0.29) is 5.52 Å². The molecule has 0 spiro atoms. The first-order chi connectivity index (χ1) is 12.5. The molecule has 0 atom stereocenters. The van der Waals surface area contributed by atoms with Gasteiger partial charge in [-0.1, -0.05) is 0 Å². The highest BCUT2D eigenvalue weighted by Crippen LogP contribution is 2.34. The van der Waals surface area contributed by atoms with Crippen LogP contribution in [-0.4, -0.2) is 13.4 Å². The number of sulfonamides is 1. The topological polar surface area (TPSA) is 79.0 Å². The van der Waals surface area contributed by atoms with Crippen LogP contribution in [0.2, 0.25) is 0 Å². The van der Waals surface area contributed by atoms with E-state index in [1.54, 1.807) is 0 Å². The maximum atomic E-state index is 13.7. The SMILES string of the molecule is O=c1cc(C(F)(F)F)c2cc(S(=O)(=O)Nc3ccc(F)cc3F)ccc2[nH]1. The number of H-pyrrole nitrogens is 1. The Bertz CT molecular complexity index is 1200. The van der Waals surface area contributed by atoms with Crippen molar-refractivity contribution in [3.63, 3.8) is 0 Å². The fourth-order valence-corrected chi connectivity index (χ4v) is 3.50. The lowest BCUT2D eigenvalue weighted by Crippen LogP contribution is -2.16. The summed E-state index contributed by atoms with van der Waals surface area (Å²) in [6, 6.07) is 5.05. The summed E-state index contributed by atoms with van der Waals surface area (Å²) in [5.74, 6) is -2.13. The molecule has 27 heavy (non-hydrogen) atoms. The summed E-state index contributed by atoms with van der Waals surface area (Å²) in [6.45, 7) is 0. The zero-order chi connectivity index (χ0) is 20.0. The molecule has 0 aliphatic rings. The summed E-state index contributed by atoms with van der Waals surface area (Å²) >= 11 is 0. The lowest BCUT2D eigenvalue weighted by molar-refractivity contribution is -0.136. The number of fused-ring (bicyclic) bond motifs is 1. The van der Waals surface area contributed by atoms with Crippen LogP contribution < -0.4 is 10.3 Å².